The van der Waals surface area contributed by atoms with Crippen LogP contribution in [0.1, 0.15) is 29.1 Å². The van der Waals surface area contributed by atoms with Crippen molar-refractivity contribution in [2.75, 3.05) is 6.61 Å². The summed E-state index contributed by atoms with van der Waals surface area (Å²) < 4.78 is 5.31. The Labute approximate surface area is 121 Å². The molecule has 0 saturated carbocycles. The summed E-state index contributed by atoms with van der Waals surface area (Å²) in [6.07, 6.45) is 0. The highest BCUT2D eigenvalue weighted by Gasteiger charge is 2.08. The maximum Gasteiger partial charge on any atom is 0.365 e. The molecule has 0 atom stereocenters. The molecule has 0 saturated heterocycles. The van der Waals surface area contributed by atoms with E-state index in [2.05, 4.69) is 5.16 Å². The van der Waals surface area contributed by atoms with Crippen LogP contribution in [0.3, 0.4) is 0 Å². The lowest BCUT2D eigenvalue weighted by Gasteiger charge is -2.03. The highest BCUT2D eigenvalue weighted by atomic mass is 32.1. The van der Waals surface area contributed by atoms with E-state index < -0.39 is 5.97 Å². The Hall–Kier alpha value is -2.14. The average molecular weight is 289 g/mol. The van der Waals surface area contributed by atoms with Gasteiger partial charge in [0.05, 0.1) is 22.8 Å². The maximum absolute atomic E-state index is 11.8. The largest absolute Gasteiger partial charge is 0.494 e. The smallest absolute Gasteiger partial charge is 0.365 e. The van der Waals surface area contributed by atoms with Crippen LogP contribution in [0.25, 0.3) is 0 Å². The lowest BCUT2D eigenvalue weighted by molar-refractivity contribution is 0.0516. The third kappa shape index (κ3) is 3.68. The lowest BCUT2D eigenvalue weighted by atomic mass is 10.2. The van der Waals surface area contributed by atoms with Crippen molar-refractivity contribution in [2.45, 2.75) is 13.8 Å². The van der Waals surface area contributed by atoms with Crippen LogP contribution < -0.4 is 4.74 Å². The molecule has 0 unspecified atom stereocenters. The Bertz CT molecular complexity index is 588. The molecular weight excluding hydrogens is 274 g/mol. The van der Waals surface area contributed by atoms with E-state index in [4.69, 9.17) is 9.57 Å². The normalized spacial score (nSPS) is 11.2. The highest BCUT2D eigenvalue weighted by molar-refractivity contribution is 7.12. The second-order valence-electron chi connectivity index (χ2n) is 3.99. The molecule has 104 valence electrons. The van der Waals surface area contributed by atoms with Gasteiger partial charge in [0.2, 0.25) is 0 Å². The van der Waals surface area contributed by atoms with Crippen molar-refractivity contribution in [1.82, 2.24) is 0 Å². The minimum atomic E-state index is -0.482. The Morgan fingerprint density at radius 1 is 1.25 bits per heavy atom. The van der Waals surface area contributed by atoms with E-state index in [1.165, 1.54) is 0 Å². The molecule has 0 amide bonds. The maximum atomic E-state index is 11.8. The van der Waals surface area contributed by atoms with Crippen molar-refractivity contribution in [3.8, 4) is 5.75 Å². The Morgan fingerprint density at radius 3 is 2.60 bits per heavy atom. The van der Waals surface area contributed by atoms with Crippen LogP contribution in [0.15, 0.2) is 46.9 Å². The number of ether oxygens (including phenoxy) is 1. The number of nitrogens with zero attached hydrogens (tertiary/aromatic N) is 1. The summed E-state index contributed by atoms with van der Waals surface area (Å²) in [4.78, 5) is 17.7. The predicted octanol–water partition coefficient (Wildman–Crippen LogP) is 3.73. The van der Waals surface area contributed by atoms with Crippen molar-refractivity contribution in [3.05, 3.63) is 52.2 Å². The Morgan fingerprint density at radius 2 is 2.00 bits per heavy atom. The molecule has 2 rings (SSSR count). The monoisotopic (exact) mass is 289 g/mol. The van der Waals surface area contributed by atoms with E-state index in [1.807, 2.05) is 24.4 Å². The predicted molar refractivity (Wildman–Crippen MR) is 79.6 cm³/mol. The molecule has 20 heavy (non-hydrogen) atoms. The molecule has 1 aromatic heterocycles. The molecule has 0 fully saturated rings. The number of rotatable bonds is 5. The van der Waals surface area contributed by atoms with Crippen molar-refractivity contribution < 1.29 is 14.4 Å². The third-order valence-electron chi connectivity index (χ3n) is 2.54. The minimum Gasteiger partial charge on any atom is -0.494 e. The summed E-state index contributed by atoms with van der Waals surface area (Å²) in [7, 11) is 0. The highest BCUT2D eigenvalue weighted by Crippen LogP contribution is 2.14. The van der Waals surface area contributed by atoms with E-state index in [0.29, 0.717) is 17.9 Å². The fraction of sp³-hybridized carbons (Fsp3) is 0.200. The summed E-state index contributed by atoms with van der Waals surface area (Å²) in [5.74, 6) is 0.242. The molecule has 0 aliphatic heterocycles. The van der Waals surface area contributed by atoms with Crippen molar-refractivity contribution in [3.63, 3.8) is 0 Å². The van der Waals surface area contributed by atoms with Crippen LogP contribution in [0.4, 0.5) is 0 Å². The first kappa shape index (κ1) is 14.3. The van der Waals surface area contributed by atoms with Gasteiger partial charge in [0, 0.05) is 0 Å². The summed E-state index contributed by atoms with van der Waals surface area (Å²) in [6.45, 7) is 4.30. The first-order valence-electron chi connectivity index (χ1n) is 6.23. The van der Waals surface area contributed by atoms with E-state index in [0.717, 1.165) is 10.6 Å². The summed E-state index contributed by atoms with van der Waals surface area (Å²) in [5.41, 5.74) is 1.12. The molecule has 1 aromatic carbocycles. The molecule has 0 N–H and O–H groups in total. The number of oxime groups is 1. The van der Waals surface area contributed by atoms with Gasteiger partial charge in [-0.3, -0.25) is 0 Å². The van der Waals surface area contributed by atoms with Crippen molar-refractivity contribution in [2.24, 2.45) is 5.16 Å². The number of carbonyl (C=O) groups is 1. The standard InChI is InChI=1S/C15H15NO3S/c1-3-18-13-8-6-12(7-9-13)15(17)19-16-11(2)14-5-4-10-20-14/h4-10H,3H2,1-2H3. The third-order valence-corrected chi connectivity index (χ3v) is 3.52. The Balaban J connectivity index is 1.99. The fourth-order valence-electron chi connectivity index (χ4n) is 1.55. The number of benzene rings is 1. The molecule has 4 nitrogen and oxygen atoms in total. The van der Waals surface area contributed by atoms with Gasteiger partial charge in [-0.05, 0) is 49.6 Å². The van der Waals surface area contributed by atoms with Gasteiger partial charge in [0.1, 0.15) is 5.75 Å². The summed E-state index contributed by atoms with van der Waals surface area (Å²) in [6, 6.07) is 10.6. The van der Waals surface area contributed by atoms with Crippen molar-refractivity contribution >= 4 is 23.0 Å². The van der Waals surface area contributed by atoms with Gasteiger partial charge in [0.25, 0.3) is 0 Å². The first-order valence-corrected chi connectivity index (χ1v) is 7.11. The van der Waals surface area contributed by atoms with Gasteiger partial charge >= 0.3 is 5.97 Å². The molecule has 0 aliphatic rings. The zero-order valence-corrected chi connectivity index (χ0v) is 12.1. The van der Waals surface area contributed by atoms with Gasteiger partial charge in [0.15, 0.2) is 0 Å². The van der Waals surface area contributed by atoms with Crippen LogP contribution in [-0.4, -0.2) is 18.3 Å². The number of hydrogen-bond acceptors (Lipinski definition) is 5. The fourth-order valence-corrected chi connectivity index (χ4v) is 2.21. The Kier molecular flexibility index (Phi) is 4.90. The quantitative estimate of drug-likeness (QED) is 0.479. The van der Waals surface area contributed by atoms with Gasteiger partial charge in [-0.15, -0.1) is 11.3 Å². The molecule has 0 radical (unpaired) electrons. The molecule has 0 bridgehead atoms. The van der Waals surface area contributed by atoms with Gasteiger partial charge in [-0.25, -0.2) is 4.79 Å². The number of hydrogen-bond donors (Lipinski definition) is 0. The van der Waals surface area contributed by atoms with Crippen LogP contribution in [0, 0.1) is 0 Å². The van der Waals surface area contributed by atoms with Crippen LogP contribution in [-0.2, 0) is 4.84 Å². The lowest BCUT2D eigenvalue weighted by Crippen LogP contribution is -2.03. The topological polar surface area (TPSA) is 47.9 Å². The van der Waals surface area contributed by atoms with Crippen molar-refractivity contribution in [1.29, 1.82) is 0 Å². The minimum absolute atomic E-state index is 0.441. The molecule has 5 heteroatoms. The molecule has 0 aliphatic carbocycles. The molecule has 1 heterocycles. The van der Waals surface area contributed by atoms with E-state index in [-0.39, 0.29) is 0 Å². The van der Waals surface area contributed by atoms with Gasteiger partial charge < -0.3 is 9.57 Å². The zero-order valence-electron chi connectivity index (χ0n) is 11.3. The van der Waals surface area contributed by atoms with E-state index in [9.17, 15) is 4.79 Å². The van der Waals surface area contributed by atoms with Gasteiger partial charge in [-0.1, -0.05) is 11.2 Å². The SMILES string of the molecule is CCOc1ccc(C(=O)ON=C(C)c2cccs2)cc1. The van der Waals surface area contributed by atoms with Crippen LogP contribution >= 0.6 is 11.3 Å². The number of carbonyl (C=O) groups excluding carboxylic acids is 1. The molecular formula is C15H15NO3S. The van der Waals surface area contributed by atoms with Gasteiger partial charge in [-0.2, -0.15) is 0 Å². The first-order chi connectivity index (χ1) is 9.70. The van der Waals surface area contributed by atoms with E-state index >= 15 is 0 Å². The second kappa shape index (κ2) is 6.86. The summed E-state index contributed by atoms with van der Waals surface area (Å²) in [5, 5.41) is 5.80. The molecule has 0 spiro atoms. The summed E-state index contributed by atoms with van der Waals surface area (Å²) >= 11 is 1.55. The van der Waals surface area contributed by atoms with Crippen LogP contribution in [0.5, 0.6) is 5.75 Å². The number of thiophene rings is 1. The van der Waals surface area contributed by atoms with E-state index in [1.54, 1.807) is 42.5 Å². The second-order valence-corrected chi connectivity index (χ2v) is 4.94. The van der Waals surface area contributed by atoms with Crippen LogP contribution in [0.2, 0.25) is 0 Å². The average Bonchev–Trinajstić information content (AvgIpc) is 3.00. The molecule has 2 aromatic rings. The zero-order chi connectivity index (χ0) is 14.4.